The second kappa shape index (κ2) is 7.95. The fraction of sp³-hybridized carbons (Fsp3) is 0.238. The molecule has 2 aromatic carbocycles. The first-order chi connectivity index (χ1) is 13.3. The van der Waals surface area contributed by atoms with Gasteiger partial charge in [-0.1, -0.05) is 35.5 Å². The molecule has 0 fully saturated rings. The second-order valence-electron chi connectivity index (χ2n) is 6.25. The quantitative estimate of drug-likeness (QED) is 0.512. The minimum absolute atomic E-state index is 0.650. The highest BCUT2D eigenvalue weighted by atomic mass is 16.6. The molecule has 4 rings (SSSR count). The molecule has 1 aliphatic rings. The summed E-state index contributed by atoms with van der Waals surface area (Å²) in [6.07, 6.45) is 4.52. The Morgan fingerprint density at radius 2 is 1.93 bits per heavy atom. The lowest BCUT2D eigenvalue weighted by atomic mass is 10.1. The number of oxime groups is 1. The van der Waals surface area contributed by atoms with Crippen LogP contribution in [0.2, 0.25) is 0 Å². The van der Waals surface area contributed by atoms with E-state index in [1.165, 1.54) is 12.7 Å². The van der Waals surface area contributed by atoms with Gasteiger partial charge in [-0.15, -0.1) is 0 Å². The van der Waals surface area contributed by atoms with E-state index in [1.54, 1.807) is 6.21 Å². The van der Waals surface area contributed by atoms with Crippen molar-refractivity contribution in [2.24, 2.45) is 5.16 Å². The molecule has 138 valence electrons. The Balaban J connectivity index is 1.70. The highest BCUT2D eigenvalue weighted by Crippen LogP contribution is 2.34. The average molecular weight is 363 g/mol. The molecule has 6 heteroatoms. The third-order valence-corrected chi connectivity index (χ3v) is 4.30. The highest BCUT2D eigenvalue weighted by molar-refractivity contribution is 5.88. The Kier molecular flexibility index (Phi) is 5.05. The van der Waals surface area contributed by atoms with Gasteiger partial charge < -0.3 is 14.3 Å². The van der Waals surface area contributed by atoms with Gasteiger partial charge >= 0.3 is 0 Å². The van der Waals surface area contributed by atoms with Crippen molar-refractivity contribution in [1.29, 1.82) is 0 Å². The molecule has 0 spiro atoms. The molecule has 1 aliphatic heterocycles. The summed E-state index contributed by atoms with van der Waals surface area (Å²) < 4.78 is 13.4. The minimum atomic E-state index is 0.650. The summed E-state index contributed by atoms with van der Waals surface area (Å²) in [5.41, 5.74) is 3.83. The molecule has 0 radical (unpaired) electrons. The van der Waals surface area contributed by atoms with Gasteiger partial charge in [-0.05, 0) is 23.8 Å². The Morgan fingerprint density at radius 1 is 1.11 bits per heavy atom. The van der Waals surface area contributed by atoms with Gasteiger partial charge in [-0.25, -0.2) is 0 Å². The van der Waals surface area contributed by atoms with Crippen molar-refractivity contribution in [2.75, 3.05) is 20.3 Å². The molecular formula is C21H21N3O3. The maximum absolute atomic E-state index is 5.82. The molecule has 0 N–H and O–H groups in total. The highest BCUT2D eigenvalue weighted by Gasteiger charge is 2.15. The zero-order chi connectivity index (χ0) is 18.5. The number of rotatable bonds is 5. The number of hydrogen-bond acceptors (Lipinski definition) is 5. The molecule has 1 aromatic heterocycles. The molecule has 27 heavy (non-hydrogen) atoms. The van der Waals surface area contributed by atoms with Crippen LogP contribution in [0.15, 0.2) is 59.9 Å². The van der Waals surface area contributed by atoms with E-state index >= 15 is 0 Å². The van der Waals surface area contributed by atoms with Crippen LogP contribution in [0.5, 0.6) is 11.5 Å². The predicted molar refractivity (Wildman–Crippen MR) is 103 cm³/mol. The van der Waals surface area contributed by atoms with Gasteiger partial charge in [0.2, 0.25) is 0 Å². The summed E-state index contributed by atoms with van der Waals surface area (Å²) in [6, 6.07) is 16.1. The molecule has 0 atom stereocenters. The summed E-state index contributed by atoms with van der Waals surface area (Å²) in [6.45, 7) is 2.00. The summed E-state index contributed by atoms with van der Waals surface area (Å²) >= 11 is 0. The van der Waals surface area contributed by atoms with Crippen LogP contribution in [-0.2, 0) is 11.4 Å². The zero-order valence-corrected chi connectivity index (χ0v) is 15.2. The van der Waals surface area contributed by atoms with E-state index in [0.29, 0.717) is 19.8 Å². The fourth-order valence-corrected chi connectivity index (χ4v) is 3.03. The number of benzene rings is 2. The third kappa shape index (κ3) is 3.95. The second-order valence-corrected chi connectivity index (χ2v) is 6.25. The molecule has 2 heterocycles. The summed E-state index contributed by atoms with van der Waals surface area (Å²) in [7, 11) is 1.53. The van der Waals surface area contributed by atoms with E-state index < -0.39 is 0 Å². The Morgan fingerprint density at radius 3 is 2.74 bits per heavy atom. The van der Waals surface area contributed by atoms with Crippen molar-refractivity contribution in [3.8, 4) is 22.8 Å². The van der Waals surface area contributed by atoms with E-state index in [4.69, 9.17) is 19.4 Å². The summed E-state index contributed by atoms with van der Waals surface area (Å²) in [5, 5.41) is 8.69. The molecule has 0 unspecified atom stereocenters. The largest absolute Gasteiger partial charge is 0.490 e. The number of nitrogens with zero attached hydrogens (tertiary/aromatic N) is 3. The van der Waals surface area contributed by atoms with Crippen LogP contribution in [0.25, 0.3) is 11.3 Å². The standard InChI is InChI=1S/C21H21N3O3/c1-25-22-13-18-15-24(14-16-6-3-2-4-7-16)23-21(18)17-8-9-19-20(12-17)27-11-5-10-26-19/h2-4,6-9,12-13,15H,5,10-11,14H2,1H3. The van der Waals surface area contributed by atoms with E-state index in [0.717, 1.165) is 34.7 Å². The first kappa shape index (κ1) is 17.1. The van der Waals surface area contributed by atoms with Crippen LogP contribution in [0.4, 0.5) is 0 Å². The SMILES string of the molecule is CON=Cc1cn(Cc2ccccc2)nc1-c1ccc2c(c1)OCCCO2. The van der Waals surface area contributed by atoms with Crippen LogP contribution in [0.3, 0.4) is 0 Å². The van der Waals surface area contributed by atoms with Gasteiger partial charge in [0.25, 0.3) is 0 Å². The molecule has 0 bridgehead atoms. The van der Waals surface area contributed by atoms with E-state index in [2.05, 4.69) is 17.3 Å². The van der Waals surface area contributed by atoms with E-state index in [9.17, 15) is 0 Å². The molecule has 0 amide bonds. The Bertz CT molecular complexity index is 935. The monoisotopic (exact) mass is 363 g/mol. The van der Waals surface area contributed by atoms with Crippen molar-refractivity contribution in [3.05, 3.63) is 65.9 Å². The lowest BCUT2D eigenvalue weighted by molar-refractivity contribution is 0.215. The number of fused-ring (bicyclic) bond motifs is 1. The lowest BCUT2D eigenvalue weighted by Gasteiger charge is -2.08. The summed E-state index contributed by atoms with van der Waals surface area (Å²) in [4.78, 5) is 4.86. The molecule has 0 aliphatic carbocycles. The van der Waals surface area contributed by atoms with E-state index in [1.807, 2.05) is 47.3 Å². The van der Waals surface area contributed by atoms with Gasteiger partial charge in [0.05, 0.1) is 26.0 Å². The first-order valence-corrected chi connectivity index (χ1v) is 8.91. The van der Waals surface area contributed by atoms with Crippen LogP contribution < -0.4 is 9.47 Å². The molecule has 3 aromatic rings. The first-order valence-electron chi connectivity index (χ1n) is 8.91. The molecular weight excluding hydrogens is 342 g/mol. The van der Waals surface area contributed by atoms with Gasteiger partial charge in [0.15, 0.2) is 11.5 Å². The fourth-order valence-electron chi connectivity index (χ4n) is 3.03. The maximum Gasteiger partial charge on any atom is 0.161 e. The maximum atomic E-state index is 5.82. The number of hydrogen-bond donors (Lipinski definition) is 0. The van der Waals surface area contributed by atoms with Crippen molar-refractivity contribution < 1.29 is 14.3 Å². The van der Waals surface area contributed by atoms with E-state index in [-0.39, 0.29) is 0 Å². The Labute approximate surface area is 158 Å². The van der Waals surface area contributed by atoms with Gasteiger partial charge in [0, 0.05) is 23.7 Å². The molecule has 6 nitrogen and oxygen atoms in total. The van der Waals surface area contributed by atoms with Gasteiger partial charge in [-0.2, -0.15) is 5.10 Å². The van der Waals surface area contributed by atoms with Crippen molar-refractivity contribution in [1.82, 2.24) is 9.78 Å². The topological polar surface area (TPSA) is 57.9 Å². The van der Waals surface area contributed by atoms with Crippen LogP contribution in [0.1, 0.15) is 17.5 Å². The smallest absolute Gasteiger partial charge is 0.161 e. The third-order valence-electron chi connectivity index (χ3n) is 4.30. The lowest BCUT2D eigenvalue weighted by Crippen LogP contribution is -2.00. The normalized spacial score (nSPS) is 13.5. The van der Waals surface area contributed by atoms with Crippen LogP contribution in [-0.4, -0.2) is 36.3 Å². The number of aromatic nitrogens is 2. The van der Waals surface area contributed by atoms with Crippen LogP contribution >= 0.6 is 0 Å². The molecule has 0 saturated carbocycles. The van der Waals surface area contributed by atoms with Crippen molar-refractivity contribution >= 4 is 6.21 Å². The van der Waals surface area contributed by atoms with Gasteiger partial charge in [-0.3, -0.25) is 4.68 Å². The zero-order valence-electron chi connectivity index (χ0n) is 15.2. The Hall–Kier alpha value is -3.28. The van der Waals surface area contributed by atoms with Crippen molar-refractivity contribution in [2.45, 2.75) is 13.0 Å². The predicted octanol–water partition coefficient (Wildman–Crippen LogP) is 3.74. The van der Waals surface area contributed by atoms with Gasteiger partial charge in [0.1, 0.15) is 12.8 Å². The van der Waals surface area contributed by atoms with Crippen LogP contribution in [0, 0.1) is 0 Å². The average Bonchev–Trinajstić information content (AvgIpc) is 2.94. The number of ether oxygens (including phenoxy) is 2. The summed E-state index contributed by atoms with van der Waals surface area (Å²) in [5.74, 6) is 1.52. The minimum Gasteiger partial charge on any atom is -0.490 e. The molecule has 0 saturated heterocycles. The van der Waals surface area contributed by atoms with Crippen molar-refractivity contribution in [3.63, 3.8) is 0 Å².